The summed E-state index contributed by atoms with van der Waals surface area (Å²) >= 11 is 1.43. The lowest BCUT2D eigenvalue weighted by molar-refractivity contribution is 0.105. The van der Waals surface area contributed by atoms with Gasteiger partial charge >= 0.3 is 0 Å². The van der Waals surface area contributed by atoms with E-state index in [1.807, 2.05) is 6.07 Å². The number of nitrogens with zero attached hydrogens (tertiary/aromatic N) is 5. The maximum Gasteiger partial charge on any atom is 0.230 e. The SMILES string of the molecule is Oc1c(C(c2ccc(F)cc2)N2CCN(Cc3ccccc3)CC2)sc2ncnn12. The molecule has 0 aliphatic carbocycles. The molecule has 0 amide bonds. The van der Waals surface area contributed by atoms with E-state index in [4.69, 9.17) is 0 Å². The molecule has 6 nitrogen and oxygen atoms in total. The zero-order chi connectivity index (χ0) is 20.5. The predicted molar refractivity (Wildman–Crippen MR) is 114 cm³/mol. The van der Waals surface area contributed by atoms with E-state index >= 15 is 0 Å². The number of thiazole rings is 1. The van der Waals surface area contributed by atoms with Crippen molar-refractivity contribution in [3.63, 3.8) is 0 Å². The van der Waals surface area contributed by atoms with Gasteiger partial charge in [-0.1, -0.05) is 53.8 Å². The summed E-state index contributed by atoms with van der Waals surface area (Å²) in [7, 11) is 0. The Kier molecular flexibility index (Phi) is 5.20. The smallest absolute Gasteiger partial charge is 0.230 e. The second kappa shape index (κ2) is 8.14. The molecule has 1 N–H and O–H groups in total. The summed E-state index contributed by atoms with van der Waals surface area (Å²) in [4.78, 5) is 10.4. The van der Waals surface area contributed by atoms with Crippen molar-refractivity contribution in [2.24, 2.45) is 0 Å². The van der Waals surface area contributed by atoms with Crippen molar-refractivity contribution >= 4 is 16.3 Å². The van der Waals surface area contributed by atoms with Gasteiger partial charge in [0.2, 0.25) is 10.8 Å². The Morgan fingerprint density at radius 1 is 1.00 bits per heavy atom. The molecule has 154 valence electrons. The number of hydrogen-bond donors (Lipinski definition) is 1. The largest absolute Gasteiger partial charge is 0.492 e. The van der Waals surface area contributed by atoms with Gasteiger partial charge in [-0.25, -0.2) is 9.37 Å². The highest BCUT2D eigenvalue weighted by Gasteiger charge is 2.31. The third kappa shape index (κ3) is 3.69. The fraction of sp³-hybridized carbons (Fsp3) is 0.273. The summed E-state index contributed by atoms with van der Waals surface area (Å²) in [6.07, 6.45) is 1.44. The first-order valence-corrected chi connectivity index (χ1v) is 10.8. The average molecular weight is 424 g/mol. The van der Waals surface area contributed by atoms with Gasteiger partial charge in [-0.2, -0.15) is 9.61 Å². The van der Waals surface area contributed by atoms with Crippen LogP contribution in [0.15, 0.2) is 60.9 Å². The molecule has 0 spiro atoms. The Balaban J connectivity index is 1.40. The van der Waals surface area contributed by atoms with Gasteiger partial charge in [-0.15, -0.1) is 0 Å². The number of aromatic hydroxyl groups is 1. The summed E-state index contributed by atoms with van der Waals surface area (Å²) in [6, 6.07) is 16.9. The molecule has 30 heavy (non-hydrogen) atoms. The molecule has 0 bridgehead atoms. The predicted octanol–water partition coefficient (Wildman–Crippen LogP) is 3.54. The van der Waals surface area contributed by atoms with Crippen molar-refractivity contribution in [3.8, 4) is 5.88 Å². The average Bonchev–Trinajstić information content (AvgIpc) is 3.35. The van der Waals surface area contributed by atoms with Crippen LogP contribution in [0.2, 0.25) is 0 Å². The molecule has 1 aliphatic heterocycles. The minimum Gasteiger partial charge on any atom is -0.492 e. The number of hydrogen-bond acceptors (Lipinski definition) is 6. The van der Waals surface area contributed by atoms with Crippen LogP contribution in [0.4, 0.5) is 4.39 Å². The molecule has 1 atom stereocenters. The Bertz CT molecular complexity index is 1120. The first kappa shape index (κ1) is 19.2. The minimum absolute atomic E-state index is 0.105. The molecule has 0 saturated carbocycles. The number of fused-ring (bicyclic) bond motifs is 1. The van der Waals surface area contributed by atoms with Crippen molar-refractivity contribution in [1.82, 2.24) is 24.4 Å². The van der Waals surface area contributed by atoms with Gasteiger partial charge in [-0.05, 0) is 23.3 Å². The van der Waals surface area contributed by atoms with E-state index in [1.54, 1.807) is 12.1 Å². The van der Waals surface area contributed by atoms with Crippen molar-refractivity contribution in [3.05, 3.63) is 82.7 Å². The fourth-order valence-corrected chi connectivity index (χ4v) is 5.16. The lowest BCUT2D eigenvalue weighted by atomic mass is 10.0. The Labute approximate surface area is 177 Å². The Hall–Kier alpha value is -2.81. The Morgan fingerprint density at radius 3 is 2.43 bits per heavy atom. The second-order valence-corrected chi connectivity index (χ2v) is 8.51. The standard InChI is InChI=1S/C22H22FN5OS/c23-18-8-6-17(7-9-18)19(20-21(29)28-22(30-20)24-15-25-28)27-12-10-26(11-13-27)14-16-4-2-1-3-5-16/h1-9,15,19,29H,10-14H2. The van der Waals surface area contributed by atoms with Crippen LogP contribution >= 0.6 is 11.3 Å². The van der Waals surface area contributed by atoms with E-state index in [0.717, 1.165) is 43.2 Å². The van der Waals surface area contributed by atoms with Crippen LogP contribution in [0.25, 0.3) is 4.96 Å². The number of piperazine rings is 1. The third-order valence-corrected chi connectivity index (χ3v) is 6.68. The molecule has 5 rings (SSSR count). The molecule has 1 fully saturated rings. The molecular formula is C22H22FN5OS. The first-order valence-electron chi connectivity index (χ1n) is 9.96. The molecule has 1 unspecified atom stereocenters. The van der Waals surface area contributed by atoms with Gasteiger partial charge in [0.1, 0.15) is 12.1 Å². The topological polar surface area (TPSA) is 56.9 Å². The molecule has 3 heterocycles. The molecule has 2 aromatic heterocycles. The van der Waals surface area contributed by atoms with Crippen LogP contribution in [0.5, 0.6) is 5.88 Å². The van der Waals surface area contributed by atoms with Gasteiger partial charge in [0.05, 0.1) is 10.9 Å². The Morgan fingerprint density at radius 2 is 1.73 bits per heavy atom. The number of aromatic nitrogens is 3. The lowest BCUT2D eigenvalue weighted by Crippen LogP contribution is -2.47. The fourth-order valence-electron chi connectivity index (χ4n) is 4.07. The third-order valence-electron chi connectivity index (χ3n) is 5.59. The van der Waals surface area contributed by atoms with Crippen molar-refractivity contribution in [2.75, 3.05) is 26.2 Å². The van der Waals surface area contributed by atoms with E-state index < -0.39 is 0 Å². The zero-order valence-electron chi connectivity index (χ0n) is 16.4. The molecule has 4 aromatic rings. The normalized spacial score (nSPS) is 16.8. The van der Waals surface area contributed by atoms with Gasteiger partial charge in [0, 0.05) is 32.7 Å². The summed E-state index contributed by atoms with van der Waals surface area (Å²) in [5.74, 6) is -0.161. The zero-order valence-corrected chi connectivity index (χ0v) is 17.2. The summed E-state index contributed by atoms with van der Waals surface area (Å²) in [6.45, 7) is 4.48. The van der Waals surface area contributed by atoms with Crippen molar-refractivity contribution < 1.29 is 9.50 Å². The van der Waals surface area contributed by atoms with Gasteiger partial charge in [0.15, 0.2) is 0 Å². The van der Waals surface area contributed by atoms with E-state index in [-0.39, 0.29) is 17.7 Å². The summed E-state index contributed by atoms with van der Waals surface area (Å²) < 4.78 is 15.0. The van der Waals surface area contributed by atoms with Crippen LogP contribution in [-0.4, -0.2) is 55.7 Å². The first-order chi connectivity index (χ1) is 14.7. The molecule has 0 radical (unpaired) electrons. The van der Waals surface area contributed by atoms with Gasteiger partial charge < -0.3 is 5.11 Å². The van der Waals surface area contributed by atoms with E-state index in [2.05, 4.69) is 44.1 Å². The number of rotatable bonds is 5. The summed E-state index contributed by atoms with van der Waals surface area (Å²) in [5, 5.41) is 14.9. The van der Waals surface area contributed by atoms with Crippen LogP contribution in [-0.2, 0) is 6.54 Å². The quantitative estimate of drug-likeness (QED) is 0.532. The van der Waals surface area contributed by atoms with Crippen LogP contribution < -0.4 is 0 Å². The second-order valence-electron chi connectivity index (χ2n) is 7.50. The molecule has 2 aromatic carbocycles. The van der Waals surface area contributed by atoms with Gasteiger partial charge in [0.25, 0.3) is 0 Å². The molecule has 1 saturated heterocycles. The van der Waals surface area contributed by atoms with E-state index in [0.29, 0.717) is 4.96 Å². The molecular weight excluding hydrogens is 401 g/mol. The van der Waals surface area contributed by atoms with Crippen LogP contribution in [0.3, 0.4) is 0 Å². The highest BCUT2D eigenvalue weighted by Crippen LogP contribution is 2.40. The molecule has 1 aliphatic rings. The summed E-state index contributed by atoms with van der Waals surface area (Å²) in [5.41, 5.74) is 2.26. The maximum atomic E-state index is 13.6. The van der Waals surface area contributed by atoms with Crippen LogP contribution in [0, 0.1) is 5.82 Å². The number of halogens is 1. The van der Waals surface area contributed by atoms with E-state index in [1.165, 1.54) is 39.9 Å². The minimum atomic E-state index is -0.267. The highest BCUT2D eigenvalue weighted by molar-refractivity contribution is 7.17. The lowest BCUT2D eigenvalue weighted by Gasteiger charge is -2.39. The van der Waals surface area contributed by atoms with Gasteiger partial charge in [-0.3, -0.25) is 9.80 Å². The van der Waals surface area contributed by atoms with Crippen LogP contribution in [0.1, 0.15) is 22.0 Å². The van der Waals surface area contributed by atoms with Crippen molar-refractivity contribution in [2.45, 2.75) is 12.6 Å². The number of benzene rings is 2. The maximum absolute atomic E-state index is 13.6. The monoisotopic (exact) mass is 423 g/mol. The van der Waals surface area contributed by atoms with E-state index in [9.17, 15) is 9.50 Å². The molecule has 8 heteroatoms. The van der Waals surface area contributed by atoms with Crippen molar-refractivity contribution in [1.29, 1.82) is 0 Å². The highest BCUT2D eigenvalue weighted by atomic mass is 32.1.